The van der Waals surface area contributed by atoms with Gasteiger partial charge in [0.05, 0.1) is 34.9 Å². The van der Waals surface area contributed by atoms with Crippen molar-refractivity contribution < 1.29 is 27.3 Å². The SMILES string of the molecule is O=C1COc2cnc(CNC3CCC(C(Cn4c(=O)cnc5ccc(F)cc54)NS(=O)(=O)c4ccccc4[N+](=O)[O-])CC3)nc2N1. The number of fused-ring (bicyclic) bond motifs is 2. The Hall–Kier alpha value is -4.87. The summed E-state index contributed by atoms with van der Waals surface area (Å²) in [5.41, 5.74) is -0.574. The van der Waals surface area contributed by atoms with Crippen molar-refractivity contribution in [2.24, 2.45) is 5.92 Å². The van der Waals surface area contributed by atoms with Crippen LogP contribution in [-0.2, 0) is 27.9 Å². The van der Waals surface area contributed by atoms with Gasteiger partial charge in [0, 0.05) is 24.7 Å². The monoisotopic (exact) mass is 652 g/mol. The second-order valence-corrected chi connectivity index (χ2v) is 12.8. The molecule has 1 atom stereocenters. The van der Waals surface area contributed by atoms with E-state index in [1.807, 2.05) is 0 Å². The van der Waals surface area contributed by atoms with E-state index in [-0.39, 0.29) is 36.5 Å². The maximum atomic E-state index is 14.2. The minimum absolute atomic E-state index is 0.0350. The smallest absolute Gasteiger partial charge is 0.289 e. The molecule has 1 aliphatic carbocycles. The lowest BCUT2D eigenvalue weighted by Gasteiger charge is -2.35. The maximum absolute atomic E-state index is 14.2. The topological polar surface area (TPSA) is 200 Å². The van der Waals surface area contributed by atoms with Gasteiger partial charge >= 0.3 is 0 Å². The highest BCUT2D eigenvalue weighted by Gasteiger charge is 2.34. The Bertz CT molecular complexity index is 1980. The van der Waals surface area contributed by atoms with Crippen LogP contribution >= 0.6 is 0 Å². The molecule has 1 amide bonds. The Morgan fingerprint density at radius 3 is 2.67 bits per heavy atom. The molecular weight excluding hydrogens is 623 g/mol. The first-order valence-corrected chi connectivity index (χ1v) is 16.0. The van der Waals surface area contributed by atoms with E-state index in [4.69, 9.17) is 4.74 Å². The second kappa shape index (κ2) is 12.9. The van der Waals surface area contributed by atoms with Crippen LogP contribution in [0.15, 0.2) is 64.5 Å². The Morgan fingerprint density at radius 1 is 1.11 bits per heavy atom. The fourth-order valence-electron chi connectivity index (χ4n) is 5.86. The molecule has 1 aliphatic heterocycles. The highest BCUT2D eigenvalue weighted by molar-refractivity contribution is 7.89. The van der Waals surface area contributed by atoms with E-state index in [1.54, 1.807) is 0 Å². The number of amides is 1. The van der Waals surface area contributed by atoms with E-state index in [9.17, 15) is 32.5 Å². The summed E-state index contributed by atoms with van der Waals surface area (Å²) in [7, 11) is -4.42. The van der Waals surface area contributed by atoms with Crippen molar-refractivity contribution in [3.05, 3.63) is 87.0 Å². The number of ether oxygens (including phenoxy) is 1. The highest BCUT2D eigenvalue weighted by Crippen LogP contribution is 2.31. The summed E-state index contributed by atoms with van der Waals surface area (Å²) in [6.45, 7) is 0.0658. The molecule has 4 aromatic rings. The van der Waals surface area contributed by atoms with Crippen molar-refractivity contribution in [2.75, 3.05) is 11.9 Å². The lowest BCUT2D eigenvalue weighted by atomic mass is 9.81. The molecule has 15 nitrogen and oxygen atoms in total. The normalized spacial score (nSPS) is 18.8. The van der Waals surface area contributed by atoms with E-state index in [2.05, 4.69) is 30.3 Å². The molecule has 0 bridgehead atoms. The van der Waals surface area contributed by atoms with Crippen LogP contribution in [0.3, 0.4) is 0 Å². The zero-order valence-corrected chi connectivity index (χ0v) is 25.1. The zero-order valence-electron chi connectivity index (χ0n) is 24.3. The van der Waals surface area contributed by atoms with Gasteiger partial charge in [-0.05, 0) is 55.9 Å². The van der Waals surface area contributed by atoms with Gasteiger partial charge in [0.1, 0.15) is 11.6 Å². The molecule has 1 saturated carbocycles. The van der Waals surface area contributed by atoms with E-state index in [1.165, 1.54) is 41.1 Å². The minimum Gasteiger partial charge on any atom is -0.478 e. The summed E-state index contributed by atoms with van der Waals surface area (Å²) >= 11 is 0. The first-order chi connectivity index (χ1) is 22.1. The number of sulfonamides is 1. The van der Waals surface area contributed by atoms with Crippen LogP contribution in [0.5, 0.6) is 5.75 Å². The van der Waals surface area contributed by atoms with Gasteiger partial charge in [-0.2, -0.15) is 0 Å². The van der Waals surface area contributed by atoms with Crippen LogP contribution < -0.4 is 25.7 Å². The Morgan fingerprint density at radius 2 is 1.89 bits per heavy atom. The summed E-state index contributed by atoms with van der Waals surface area (Å²) in [6, 6.07) is 8.00. The molecular formula is C29H29FN8O7S. The molecule has 1 fully saturated rings. The molecule has 46 heavy (non-hydrogen) atoms. The molecule has 2 aromatic carbocycles. The van der Waals surface area contributed by atoms with Crippen molar-refractivity contribution in [2.45, 2.75) is 55.8 Å². The zero-order chi connectivity index (χ0) is 32.4. The molecule has 2 aromatic heterocycles. The van der Waals surface area contributed by atoms with Gasteiger partial charge in [-0.15, -0.1) is 0 Å². The number of halogens is 1. The maximum Gasteiger partial charge on any atom is 0.289 e. The van der Waals surface area contributed by atoms with Gasteiger partial charge in [-0.1, -0.05) is 12.1 Å². The van der Waals surface area contributed by atoms with Crippen LogP contribution in [0.25, 0.3) is 11.0 Å². The van der Waals surface area contributed by atoms with Gasteiger partial charge in [-0.3, -0.25) is 19.7 Å². The summed E-state index contributed by atoms with van der Waals surface area (Å²) < 4.78 is 50.7. The van der Waals surface area contributed by atoms with Crippen molar-refractivity contribution in [3.8, 4) is 5.75 Å². The average molecular weight is 653 g/mol. The van der Waals surface area contributed by atoms with Crippen molar-refractivity contribution >= 4 is 38.5 Å². The predicted octanol–water partition coefficient (Wildman–Crippen LogP) is 2.26. The Kier molecular flexibility index (Phi) is 8.70. The fraction of sp³-hybridized carbons (Fsp3) is 0.345. The third-order valence-corrected chi connectivity index (χ3v) is 9.69. The average Bonchev–Trinajstić information content (AvgIpc) is 3.04. The number of hydrogen-bond donors (Lipinski definition) is 3. The van der Waals surface area contributed by atoms with E-state index in [0.717, 1.165) is 18.3 Å². The third kappa shape index (κ3) is 6.70. The lowest BCUT2D eigenvalue weighted by molar-refractivity contribution is -0.387. The number of nitro groups is 1. The molecule has 2 aliphatic rings. The van der Waals surface area contributed by atoms with Gasteiger partial charge in [-0.25, -0.2) is 32.5 Å². The lowest BCUT2D eigenvalue weighted by Crippen LogP contribution is -2.47. The number of carbonyl (C=O) groups is 1. The number of carbonyl (C=O) groups excluding carboxylic acids is 1. The molecule has 0 saturated heterocycles. The van der Waals surface area contributed by atoms with Crippen molar-refractivity contribution in [3.63, 3.8) is 0 Å². The van der Waals surface area contributed by atoms with E-state index < -0.39 is 42.9 Å². The van der Waals surface area contributed by atoms with Crippen LogP contribution in [0.2, 0.25) is 0 Å². The molecule has 1 unspecified atom stereocenters. The summed E-state index contributed by atoms with van der Waals surface area (Å²) in [5, 5.41) is 17.7. The van der Waals surface area contributed by atoms with Crippen LogP contribution in [-0.4, -0.2) is 57.5 Å². The number of hydrogen-bond acceptors (Lipinski definition) is 11. The van der Waals surface area contributed by atoms with Crippen LogP contribution in [0.4, 0.5) is 15.9 Å². The largest absolute Gasteiger partial charge is 0.478 e. The van der Waals surface area contributed by atoms with Gasteiger partial charge in [0.2, 0.25) is 10.0 Å². The quantitative estimate of drug-likeness (QED) is 0.168. The van der Waals surface area contributed by atoms with Crippen LogP contribution in [0.1, 0.15) is 31.5 Å². The van der Waals surface area contributed by atoms with E-state index >= 15 is 0 Å². The third-order valence-electron chi connectivity index (χ3n) is 8.16. The number of rotatable bonds is 10. The summed E-state index contributed by atoms with van der Waals surface area (Å²) in [6.07, 6.45) is 4.96. The molecule has 3 N–H and O–H groups in total. The van der Waals surface area contributed by atoms with Gasteiger partial charge < -0.3 is 19.9 Å². The van der Waals surface area contributed by atoms with Crippen molar-refractivity contribution in [1.29, 1.82) is 0 Å². The fourth-order valence-corrected chi connectivity index (χ4v) is 7.33. The molecule has 0 radical (unpaired) electrons. The first-order valence-electron chi connectivity index (χ1n) is 14.5. The molecule has 6 rings (SSSR count). The molecule has 240 valence electrons. The minimum atomic E-state index is -4.42. The second-order valence-electron chi connectivity index (χ2n) is 11.1. The number of aromatic nitrogens is 4. The molecule has 0 spiro atoms. The van der Waals surface area contributed by atoms with Crippen molar-refractivity contribution in [1.82, 2.24) is 29.6 Å². The number of nitrogens with one attached hydrogen (secondary N) is 3. The first kappa shape index (κ1) is 31.1. The number of para-hydroxylation sites is 1. The van der Waals surface area contributed by atoms with Gasteiger partial charge in [0.25, 0.3) is 17.2 Å². The summed E-state index contributed by atoms with van der Waals surface area (Å²) in [4.78, 5) is 47.7. The Balaban J connectivity index is 1.22. The van der Waals surface area contributed by atoms with Crippen LogP contribution in [0, 0.1) is 21.8 Å². The number of benzene rings is 2. The molecule has 17 heteroatoms. The summed E-state index contributed by atoms with van der Waals surface area (Å²) in [5.74, 6) is -0.0106. The number of nitrogens with zero attached hydrogens (tertiary/aromatic N) is 5. The molecule has 3 heterocycles. The Labute approximate surface area is 261 Å². The number of nitro benzene ring substituents is 1. The standard InChI is InChI=1S/C29H29FN8O7S/c30-18-7-10-20-23(11-18)37(28(40)14-32-20)15-21(36-46(43,44)25-4-2-1-3-22(25)38(41)42)17-5-8-19(9-6-17)31-13-26-33-12-24-29(34-26)35-27(39)16-45-24/h1-4,7,10-12,14,17,19,21,31,36H,5-6,8-9,13,15-16H2,(H,33,34,35,39). The van der Waals surface area contributed by atoms with E-state index in [0.29, 0.717) is 55.1 Å². The predicted molar refractivity (Wildman–Crippen MR) is 162 cm³/mol. The highest BCUT2D eigenvalue weighted by atomic mass is 32.2. The van der Waals surface area contributed by atoms with Gasteiger partial charge in [0.15, 0.2) is 23.1 Å². The number of anilines is 1.